The largest absolute Gasteiger partial charge is 0.467 e. The molecule has 0 spiro atoms. The lowest BCUT2D eigenvalue weighted by Crippen LogP contribution is -2.14. The van der Waals surface area contributed by atoms with Gasteiger partial charge in [-0.2, -0.15) is 0 Å². The lowest BCUT2D eigenvalue weighted by atomic mass is 10.1. The lowest BCUT2D eigenvalue weighted by molar-refractivity contribution is 0.0306. The molecule has 2 rings (SSSR count). The van der Waals surface area contributed by atoms with E-state index < -0.39 is 0 Å². The molecular formula is C11H17NO2. The van der Waals surface area contributed by atoms with Crippen LogP contribution >= 0.6 is 0 Å². The van der Waals surface area contributed by atoms with E-state index >= 15 is 0 Å². The van der Waals surface area contributed by atoms with Gasteiger partial charge in [0.2, 0.25) is 0 Å². The molecule has 0 radical (unpaired) electrons. The van der Waals surface area contributed by atoms with Gasteiger partial charge in [0.05, 0.1) is 12.9 Å². The van der Waals surface area contributed by atoms with Gasteiger partial charge in [-0.1, -0.05) is 0 Å². The van der Waals surface area contributed by atoms with E-state index in [9.17, 15) is 0 Å². The van der Waals surface area contributed by atoms with Crippen molar-refractivity contribution in [3.05, 3.63) is 24.2 Å². The molecule has 1 N–H and O–H groups in total. The summed E-state index contributed by atoms with van der Waals surface area (Å²) < 4.78 is 11.0. The predicted octanol–water partition coefficient (Wildman–Crippen LogP) is 1.97. The normalized spacial score (nSPS) is 23.9. The van der Waals surface area contributed by atoms with Gasteiger partial charge in [-0.25, -0.2) is 0 Å². The number of hydrogen-bond acceptors (Lipinski definition) is 3. The highest BCUT2D eigenvalue weighted by molar-refractivity contribution is 5.00. The summed E-state index contributed by atoms with van der Waals surface area (Å²) in [6.07, 6.45) is 2.99. The maximum atomic E-state index is 5.74. The fraction of sp³-hybridized carbons (Fsp3) is 0.636. The van der Waals surface area contributed by atoms with Crippen molar-refractivity contribution in [1.29, 1.82) is 0 Å². The Labute approximate surface area is 84.4 Å². The molecule has 0 saturated carbocycles. The summed E-state index contributed by atoms with van der Waals surface area (Å²) in [5, 5.41) is 3.33. The van der Waals surface area contributed by atoms with Crippen molar-refractivity contribution in [2.45, 2.75) is 19.4 Å². The molecule has 0 bridgehead atoms. The Balaban J connectivity index is 1.74. The molecule has 1 aromatic heterocycles. The highest BCUT2D eigenvalue weighted by atomic mass is 16.5. The number of nitrogens with one attached hydrogen (secondary N) is 1. The summed E-state index contributed by atoms with van der Waals surface area (Å²) in [5.41, 5.74) is 0. The molecule has 14 heavy (non-hydrogen) atoms. The first kappa shape index (κ1) is 9.74. The standard InChI is InChI=1S/C11H17NO2/c1-9(11-3-2-6-13-11)14-8-10-4-5-12-7-10/h2-3,6,9-10,12H,4-5,7-8H2,1H3. The quantitative estimate of drug-likeness (QED) is 0.797. The average Bonchev–Trinajstić information content (AvgIpc) is 2.87. The van der Waals surface area contributed by atoms with E-state index in [-0.39, 0.29) is 6.10 Å². The van der Waals surface area contributed by atoms with Crippen LogP contribution in [-0.2, 0) is 4.74 Å². The van der Waals surface area contributed by atoms with E-state index in [0.717, 1.165) is 25.5 Å². The van der Waals surface area contributed by atoms with Crippen molar-refractivity contribution in [3.63, 3.8) is 0 Å². The molecule has 3 nitrogen and oxygen atoms in total. The number of furan rings is 1. The zero-order valence-corrected chi connectivity index (χ0v) is 8.53. The van der Waals surface area contributed by atoms with Crippen LogP contribution in [0.4, 0.5) is 0 Å². The summed E-state index contributed by atoms with van der Waals surface area (Å²) in [6.45, 7) is 5.07. The Morgan fingerprint density at radius 3 is 3.29 bits per heavy atom. The van der Waals surface area contributed by atoms with Crippen molar-refractivity contribution in [2.75, 3.05) is 19.7 Å². The molecule has 0 aromatic carbocycles. The molecular weight excluding hydrogens is 178 g/mol. The second-order valence-electron chi connectivity index (χ2n) is 3.85. The highest BCUT2D eigenvalue weighted by Crippen LogP contribution is 2.19. The van der Waals surface area contributed by atoms with Crippen molar-refractivity contribution >= 4 is 0 Å². The average molecular weight is 195 g/mol. The molecule has 2 unspecified atom stereocenters. The first-order valence-corrected chi connectivity index (χ1v) is 5.22. The molecule has 1 aliphatic rings. The van der Waals surface area contributed by atoms with Crippen LogP contribution in [0.15, 0.2) is 22.8 Å². The lowest BCUT2D eigenvalue weighted by Gasteiger charge is -2.13. The second kappa shape index (κ2) is 4.62. The molecule has 0 aliphatic carbocycles. The van der Waals surface area contributed by atoms with E-state index in [4.69, 9.17) is 9.15 Å². The van der Waals surface area contributed by atoms with Crippen molar-refractivity contribution in [2.24, 2.45) is 5.92 Å². The predicted molar refractivity (Wildman–Crippen MR) is 54.1 cm³/mol. The molecule has 0 amide bonds. The minimum absolute atomic E-state index is 0.0746. The SMILES string of the molecule is CC(OCC1CCNC1)c1ccco1. The Morgan fingerprint density at radius 2 is 2.64 bits per heavy atom. The van der Waals surface area contributed by atoms with Crippen LogP contribution in [0.25, 0.3) is 0 Å². The van der Waals surface area contributed by atoms with Crippen LogP contribution in [0, 0.1) is 5.92 Å². The van der Waals surface area contributed by atoms with Crippen molar-refractivity contribution in [3.8, 4) is 0 Å². The van der Waals surface area contributed by atoms with Crippen molar-refractivity contribution < 1.29 is 9.15 Å². The van der Waals surface area contributed by atoms with Gasteiger partial charge in [-0.05, 0) is 37.9 Å². The minimum Gasteiger partial charge on any atom is -0.467 e. The first-order chi connectivity index (χ1) is 6.86. The Hall–Kier alpha value is -0.800. The minimum atomic E-state index is 0.0746. The number of hydrogen-bond donors (Lipinski definition) is 1. The molecule has 1 aromatic rings. The fourth-order valence-corrected chi connectivity index (χ4v) is 1.74. The van der Waals surface area contributed by atoms with Gasteiger partial charge in [-0.15, -0.1) is 0 Å². The van der Waals surface area contributed by atoms with Gasteiger partial charge < -0.3 is 14.5 Å². The van der Waals surface area contributed by atoms with E-state index in [1.807, 2.05) is 19.1 Å². The van der Waals surface area contributed by atoms with Gasteiger partial charge in [-0.3, -0.25) is 0 Å². The second-order valence-corrected chi connectivity index (χ2v) is 3.85. The Kier molecular flexibility index (Phi) is 3.22. The molecule has 2 heterocycles. The Morgan fingerprint density at radius 1 is 1.71 bits per heavy atom. The molecule has 1 saturated heterocycles. The van der Waals surface area contributed by atoms with Crippen LogP contribution in [0.3, 0.4) is 0 Å². The smallest absolute Gasteiger partial charge is 0.132 e. The van der Waals surface area contributed by atoms with Gasteiger partial charge in [0, 0.05) is 6.54 Å². The van der Waals surface area contributed by atoms with Crippen LogP contribution in [0.2, 0.25) is 0 Å². The van der Waals surface area contributed by atoms with E-state index in [0.29, 0.717) is 5.92 Å². The maximum Gasteiger partial charge on any atom is 0.132 e. The molecule has 3 heteroatoms. The summed E-state index contributed by atoms with van der Waals surface area (Å²) >= 11 is 0. The zero-order valence-electron chi connectivity index (χ0n) is 8.53. The molecule has 78 valence electrons. The summed E-state index contributed by atoms with van der Waals surface area (Å²) in [6, 6.07) is 3.85. The Bertz CT molecular complexity index is 252. The van der Waals surface area contributed by atoms with Crippen LogP contribution in [-0.4, -0.2) is 19.7 Å². The first-order valence-electron chi connectivity index (χ1n) is 5.22. The van der Waals surface area contributed by atoms with Gasteiger partial charge in [0.1, 0.15) is 11.9 Å². The maximum absolute atomic E-state index is 5.74. The summed E-state index contributed by atoms with van der Waals surface area (Å²) in [5.74, 6) is 1.59. The van der Waals surface area contributed by atoms with E-state index in [1.165, 1.54) is 6.42 Å². The third-order valence-corrected chi connectivity index (χ3v) is 2.69. The summed E-state index contributed by atoms with van der Waals surface area (Å²) in [4.78, 5) is 0. The third kappa shape index (κ3) is 2.36. The van der Waals surface area contributed by atoms with Crippen molar-refractivity contribution in [1.82, 2.24) is 5.32 Å². The molecule has 1 aliphatic heterocycles. The third-order valence-electron chi connectivity index (χ3n) is 2.69. The summed E-state index contributed by atoms with van der Waals surface area (Å²) in [7, 11) is 0. The van der Waals surface area contributed by atoms with Gasteiger partial charge in [0.25, 0.3) is 0 Å². The van der Waals surface area contributed by atoms with Crippen LogP contribution in [0.5, 0.6) is 0 Å². The monoisotopic (exact) mass is 195 g/mol. The van der Waals surface area contributed by atoms with E-state index in [1.54, 1.807) is 6.26 Å². The molecule has 1 fully saturated rings. The zero-order chi connectivity index (χ0) is 9.80. The number of ether oxygens (including phenoxy) is 1. The highest BCUT2D eigenvalue weighted by Gasteiger charge is 2.17. The number of rotatable bonds is 4. The van der Waals surface area contributed by atoms with E-state index in [2.05, 4.69) is 5.32 Å². The fourth-order valence-electron chi connectivity index (χ4n) is 1.74. The van der Waals surface area contributed by atoms with Gasteiger partial charge >= 0.3 is 0 Å². The van der Waals surface area contributed by atoms with Crippen LogP contribution < -0.4 is 5.32 Å². The van der Waals surface area contributed by atoms with Gasteiger partial charge in [0.15, 0.2) is 0 Å². The topological polar surface area (TPSA) is 34.4 Å². The van der Waals surface area contributed by atoms with Crippen LogP contribution in [0.1, 0.15) is 25.2 Å². The molecule has 2 atom stereocenters.